The van der Waals surface area contributed by atoms with Crippen LogP contribution in [0.15, 0.2) is 67.1 Å². The van der Waals surface area contributed by atoms with E-state index < -0.39 is 0 Å². The quantitative estimate of drug-likeness (QED) is 0.582. The van der Waals surface area contributed by atoms with E-state index in [1.165, 1.54) is 5.56 Å². The molecule has 0 aliphatic heterocycles. The molecule has 0 unspecified atom stereocenters. The molecule has 0 spiro atoms. The zero-order chi connectivity index (χ0) is 17.8. The fraction of sp³-hybridized carbons (Fsp3) is 0.158. The van der Waals surface area contributed by atoms with Gasteiger partial charge in [0.1, 0.15) is 12.0 Å². The highest BCUT2D eigenvalue weighted by Crippen LogP contribution is 2.21. The van der Waals surface area contributed by atoms with E-state index in [1.54, 1.807) is 6.33 Å². The number of nitrogens with zero attached hydrogens (tertiary/aromatic N) is 6. The van der Waals surface area contributed by atoms with E-state index in [2.05, 4.69) is 44.0 Å². The summed E-state index contributed by atoms with van der Waals surface area (Å²) in [7, 11) is 1.93. The molecular formula is C19H19N7. The maximum atomic E-state index is 4.31. The zero-order valence-corrected chi connectivity index (χ0v) is 14.4. The van der Waals surface area contributed by atoms with Crippen LogP contribution in [0.1, 0.15) is 11.4 Å². The number of aromatic nitrogens is 6. The minimum absolute atomic E-state index is 0.612. The Hall–Kier alpha value is -3.48. The normalized spacial score (nSPS) is 10.8. The zero-order valence-electron chi connectivity index (χ0n) is 14.4. The monoisotopic (exact) mass is 345 g/mol. The Morgan fingerprint density at radius 1 is 1.00 bits per heavy atom. The number of benzene rings is 2. The van der Waals surface area contributed by atoms with Crippen LogP contribution >= 0.6 is 0 Å². The molecular weight excluding hydrogens is 326 g/mol. The van der Waals surface area contributed by atoms with E-state index in [9.17, 15) is 0 Å². The Morgan fingerprint density at radius 3 is 2.69 bits per heavy atom. The predicted octanol–water partition coefficient (Wildman–Crippen LogP) is 2.73. The molecule has 2 aromatic heterocycles. The summed E-state index contributed by atoms with van der Waals surface area (Å²) < 4.78 is 3.75. The largest absolute Gasteiger partial charge is 0.378 e. The van der Waals surface area contributed by atoms with E-state index in [0.717, 1.165) is 22.8 Å². The summed E-state index contributed by atoms with van der Waals surface area (Å²) in [4.78, 5) is 0. The lowest BCUT2D eigenvalue weighted by Gasteiger charge is -2.07. The third-order valence-electron chi connectivity index (χ3n) is 4.14. The van der Waals surface area contributed by atoms with Gasteiger partial charge in [-0.1, -0.05) is 47.7 Å². The van der Waals surface area contributed by atoms with E-state index in [4.69, 9.17) is 0 Å². The van der Waals surface area contributed by atoms with Crippen molar-refractivity contribution in [1.82, 2.24) is 29.8 Å². The Morgan fingerprint density at radius 2 is 1.88 bits per heavy atom. The van der Waals surface area contributed by atoms with Crippen molar-refractivity contribution in [2.45, 2.75) is 13.1 Å². The fourth-order valence-electron chi connectivity index (χ4n) is 2.72. The number of anilines is 1. The highest BCUT2D eigenvalue weighted by molar-refractivity contribution is 5.64. The average molecular weight is 345 g/mol. The highest BCUT2D eigenvalue weighted by Gasteiger charge is 2.06. The van der Waals surface area contributed by atoms with Crippen molar-refractivity contribution in [3.63, 3.8) is 0 Å². The molecule has 4 rings (SSSR count). The maximum Gasteiger partial charge on any atom is 0.151 e. The summed E-state index contributed by atoms with van der Waals surface area (Å²) in [6, 6.07) is 18.3. The van der Waals surface area contributed by atoms with Crippen LogP contribution in [0, 0.1) is 0 Å². The van der Waals surface area contributed by atoms with Gasteiger partial charge in [-0.15, -0.1) is 15.3 Å². The first kappa shape index (κ1) is 16.0. The van der Waals surface area contributed by atoms with Gasteiger partial charge >= 0.3 is 0 Å². The van der Waals surface area contributed by atoms with Crippen LogP contribution in [0.4, 0.5) is 5.69 Å². The third-order valence-corrected chi connectivity index (χ3v) is 4.14. The second kappa shape index (κ2) is 7.18. The number of aryl methyl sites for hydroxylation is 1. The number of rotatable bonds is 6. The standard InChI is InChI=1S/C19H19N7/c1-25-14-21-23-19(25)11-20-17-9-5-8-16(10-17)18-13-26(24-22-18)12-15-6-3-2-4-7-15/h2-10,13-14,20H,11-12H2,1H3. The first-order valence-corrected chi connectivity index (χ1v) is 8.39. The van der Waals surface area contributed by atoms with Gasteiger partial charge in [0.05, 0.1) is 19.3 Å². The summed E-state index contributed by atoms with van der Waals surface area (Å²) in [5.41, 5.74) is 4.07. The summed E-state index contributed by atoms with van der Waals surface area (Å²) in [6.07, 6.45) is 3.66. The van der Waals surface area contributed by atoms with Crippen LogP contribution in [0.2, 0.25) is 0 Å². The van der Waals surface area contributed by atoms with Crippen LogP contribution < -0.4 is 5.32 Å². The smallest absolute Gasteiger partial charge is 0.151 e. The molecule has 0 aliphatic rings. The van der Waals surface area contributed by atoms with Gasteiger partial charge in [0.2, 0.25) is 0 Å². The summed E-state index contributed by atoms with van der Waals surface area (Å²) in [6.45, 7) is 1.32. The van der Waals surface area contributed by atoms with Crippen LogP contribution in [0.5, 0.6) is 0 Å². The van der Waals surface area contributed by atoms with Crippen LogP contribution in [0.25, 0.3) is 11.3 Å². The lowest BCUT2D eigenvalue weighted by atomic mass is 10.1. The van der Waals surface area contributed by atoms with Crippen molar-refractivity contribution in [3.05, 3.63) is 78.5 Å². The molecule has 0 radical (unpaired) electrons. The highest BCUT2D eigenvalue weighted by atomic mass is 15.4. The molecule has 2 heterocycles. The molecule has 1 N–H and O–H groups in total. The summed E-state index contributed by atoms with van der Waals surface area (Å²) in [5, 5.41) is 19.9. The number of hydrogen-bond donors (Lipinski definition) is 1. The topological polar surface area (TPSA) is 73.5 Å². The lowest BCUT2D eigenvalue weighted by Crippen LogP contribution is -2.05. The van der Waals surface area contributed by atoms with Gasteiger partial charge in [0, 0.05) is 18.3 Å². The lowest BCUT2D eigenvalue weighted by molar-refractivity contribution is 0.650. The molecule has 0 aliphatic carbocycles. The molecule has 4 aromatic rings. The minimum Gasteiger partial charge on any atom is -0.378 e. The van der Waals surface area contributed by atoms with Crippen molar-refractivity contribution < 1.29 is 0 Å². The minimum atomic E-state index is 0.612. The summed E-state index contributed by atoms with van der Waals surface area (Å²) in [5.74, 6) is 0.879. The van der Waals surface area contributed by atoms with Crippen LogP contribution in [0.3, 0.4) is 0 Å². The molecule has 0 saturated heterocycles. The van der Waals surface area contributed by atoms with Crippen molar-refractivity contribution in [2.24, 2.45) is 7.05 Å². The van der Waals surface area contributed by atoms with Crippen molar-refractivity contribution in [3.8, 4) is 11.3 Å². The average Bonchev–Trinajstić information content (AvgIpc) is 3.30. The SMILES string of the molecule is Cn1cnnc1CNc1cccc(-c2cn(Cc3ccccc3)nn2)c1. The van der Waals surface area contributed by atoms with E-state index in [0.29, 0.717) is 13.1 Å². The molecule has 0 atom stereocenters. The van der Waals surface area contributed by atoms with E-state index in [-0.39, 0.29) is 0 Å². The molecule has 0 amide bonds. The van der Waals surface area contributed by atoms with Gasteiger partial charge in [-0.3, -0.25) is 0 Å². The molecule has 0 fully saturated rings. The Bertz CT molecular complexity index is 988. The molecule has 2 aromatic carbocycles. The van der Waals surface area contributed by atoms with Gasteiger partial charge < -0.3 is 9.88 Å². The molecule has 26 heavy (non-hydrogen) atoms. The van der Waals surface area contributed by atoms with Crippen LogP contribution in [-0.4, -0.2) is 29.8 Å². The molecule has 0 bridgehead atoms. The van der Waals surface area contributed by atoms with Crippen molar-refractivity contribution in [2.75, 3.05) is 5.32 Å². The predicted molar refractivity (Wildman–Crippen MR) is 99.3 cm³/mol. The van der Waals surface area contributed by atoms with Crippen molar-refractivity contribution in [1.29, 1.82) is 0 Å². The van der Waals surface area contributed by atoms with Crippen LogP contribution in [-0.2, 0) is 20.1 Å². The molecule has 0 saturated carbocycles. The first-order valence-electron chi connectivity index (χ1n) is 8.39. The Kier molecular flexibility index (Phi) is 4.42. The Balaban J connectivity index is 1.47. The van der Waals surface area contributed by atoms with Gasteiger partial charge in [0.25, 0.3) is 0 Å². The Labute approximate surface area is 151 Å². The van der Waals surface area contributed by atoms with E-state index >= 15 is 0 Å². The second-order valence-electron chi connectivity index (χ2n) is 6.08. The van der Waals surface area contributed by atoms with Gasteiger partial charge in [0.15, 0.2) is 5.82 Å². The van der Waals surface area contributed by atoms with Gasteiger partial charge in [-0.25, -0.2) is 4.68 Å². The maximum absolute atomic E-state index is 4.31. The number of nitrogens with one attached hydrogen (secondary N) is 1. The van der Waals surface area contributed by atoms with Gasteiger partial charge in [-0.05, 0) is 17.7 Å². The second-order valence-corrected chi connectivity index (χ2v) is 6.08. The van der Waals surface area contributed by atoms with Gasteiger partial charge in [-0.2, -0.15) is 0 Å². The molecule has 7 heteroatoms. The van der Waals surface area contributed by atoms with Crippen molar-refractivity contribution >= 4 is 5.69 Å². The fourth-order valence-corrected chi connectivity index (χ4v) is 2.72. The third kappa shape index (κ3) is 3.61. The van der Waals surface area contributed by atoms with E-state index in [1.807, 2.05) is 58.9 Å². The molecule has 130 valence electrons. The number of hydrogen-bond acceptors (Lipinski definition) is 5. The first-order chi connectivity index (χ1) is 12.8. The summed E-state index contributed by atoms with van der Waals surface area (Å²) >= 11 is 0. The molecule has 7 nitrogen and oxygen atoms in total.